The van der Waals surface area contributed by atoms with E-state index >= 15 is 0 Å². The van der Waals surface area contributed by atoms with Crippen LogP contribution in [-0.4, -0.2) is 25.2 Å². The van der Waals surface area contributed by atoms with E-state index in [1.165, 1.54) is 0 Å². The number of anilines is 1. The average molecular weight is 285 g/mol. The third kappa shape index (κ3) is 2.87. The summed E-state index contributed by atoms with van der Waals surface area (Å²) in [5, 5.41) is 3.72. The molecule has 1 fully saturated rings. The van der Waals surface area contributed by atoms with Crippen molar-refractivity contribution in [3.05, 3.63) is 29.0 Å². The molecule has 1 aliphatic rings. The monoisotopic (exact) mass is 284 g/mol. The standard InChI is InChI=1S/C15H22ClFN2/c1-4-18-13-8-9-19(11(3)10(13)2)14-7-5-6-12(16)15(14)17/h5-7,10-11,13,18H,4,8-9H2,1-3H3. The van der Waals surface area contributed by atoms with Crippen LogP contribution in [0.1, 0.15) is 27.2 Å². The van der Waals surface area contributed by atoms with Gasteiger partial charge in [0, 0.05) is 18.6 Å². The number of hydrogen-bond donors (Lipinski definition) is 1. The fraction of sp³-hybridized carbons (Fsp3) is 0.600. The van der Waals surface area contributed by atoms with Crippen molar-refractivity contribution < 1.29 is 4.39 Å². The maximum absolute atomic E-state index is 14.1. The first kappa shape index (κ1) is 14.6. The minimum Gasteiger partial charge on any atom is -0.366 e. The third-order valence-corrected chi connectivity index (χ3v) is 4.57. The molecule has 1 heterocycles. The number of piperidine rings is 1. The van der Waals surface area contributed by atoms with Crippen molar-refractivity contribution in [3.63, 3.8) is 0 Å². The summed E-state index contributed by atoms with van der Waals surface area (Å²) >= 11 is 5.88. The molecule has 3 atom stereocenters. The van der Waals surface area contributed by atoms with Crippen LogP contribution in [0.2, 0.25) is 5.02 Å². The van der Waals surface area contributed by atoms with Gasteiger partial charge in [0.15, 0.2) is 5.82 Å². The highest BCUT2D eigenvalue weighted by Crippen LogP contribution is 2.32. The van der Waals surface area contributed by atoms with Crippen molar-refractivity contribution in [3.8, 4) is 0 Å². The highest BCUT2D eigenvalue weighted by molar-refractivity contribution is 6.31. The smallest absolute Gasteiger partial charge is 0.165 e. The third-order valence-electron chi connectivity index (χ3n) is 4.28. The molecule has 0 saturated carbocycles. The predicted octanol–water partition coefficient (Wildman–Crippen LogP) is 3.69. The Hall–Kier alpha value is -0.800. The Kier molecular flexibility index (Phi) is 4.69. The van der Waals surface area contributed by atoms with Gasteiger partial charge in [-0.3, -0.25) is 0 Å². The van der Waals surface area contributed by atoms with E-state index in [0.29, 0.717) is 23.7 Å². The van der Waals surface area contributed by atoms with Crippen LogP contribution in [-0.2, 0) is 0 Å². The molecule has 1 N–H and O–H groups in total. The quantitative estimate of drug-likeness (QED) is 0.911. The Morgan fingerprint density at radius 2 is 2.16 bits per heavy atom. The van der Waals surface area contributed by atoms with E-state index in [9.17, 15) is 4.39 Å². The van der Waals surface area contributed by atoms with Gasteiger partial charge < -0.3 is 10.2 Å². The second-order valence-electron chi connectivity index (χ2n) is 5.32. The Balaban J connectivity index is 2.21. The van der Waals surface area contributed by atoms with Crippen molar-refractivity contribution in [1.82, 2.24) is 5.32 Å². The molecule has 0 spiro atoms. The number of nitrogens with zero attached hydrogens (tertiary/aromatic N) is 1. The molecule has 0 aliphatic carbocycles. The van der Waals surface area contributed by atoms with Gasteiger partial charge in [0.05, 0.1) is 10.7 Å². The van der Waals surface area contributed by atoms with Gasteiger partial charge in [0.1, 0.15) is 0 Å². The highest BCUT2D eigenvalue weighted by atomic mass is 35.5. The van der Waals surface area contributed by atoms with Crippen LogP contribution >= 0.6 is 11.6 Å². The zero-order valence-corrected chi connectivity index (χ0v) is 12.5. The average Bonchev–Trinajstić information content (AvgIpc) is 2.39. The van der Waals surface area contributed by atoms with E-state index in [0.717, 1.165) is 19.5 Å². The number of benzene rings is 1. The molecule has 1 aromatic carbocycles. The second kappa shape index (κ2) is 6.10. The van der Waals surface area contributed by atoms with Crippen LogP contribution in [0.15, 0.2) is 18.2 Å². The molecule has 106 valence electrons. The zero-order chi connectivity index (χ0) is 14.0. The highest BCUT2D eigenvalue weighted by Gasteiger charge is 2.33. The van der Waals surface area contributed by atoms with Crippen molar-refractivity contribution in [1.29, 1.82) is 0 Å². The summed E-state index contributed by atoms with van der Waals surface area (Å²) in [5.41, 5.74) is 0.627. The fourth-order valence-electron chi connectivity index (χ4n) is 2.97. The van der Waals surface area contributed by atoms with E-state index in [4.69, 9.17) is 11.6 Å². The molecule has 1 aromatic rings. The van der Waals surface area contributed by atoms with Gasteiger partial charge in [-0.15, -0.1) is 0 Å². The topological polar surface area (TPSA) is 15.3 Å². The molecule has 1 saturated heterocycles. The summed E-state index contributed by atoms with van der Waals surface area (Å²) in [6, 6.07) is 6.04. The molecule has 2 rings (SSSR count). The van der Waals surface area contributed by atoms with Crippen LogP contribution in [0.5, 0.6) is 0 Å². The van der Waals surface area contributed by atoms with Crippen LogP contribution in [0.3, 0.4) is 0 Å². The van der Waals surface area contributed by atoms with E-state index < -0.39 is 0 Å². The van der Waals surface area contributed by atoms with Gasteiger partial charge >= 0.3 is 0 Å². The second-order valence-corrected chi connectivity index (χ2v) is 5.73. The molecule has 2 nitrogen and oxygen atoms in total. The zero-order valence-electron chi connectivity index (χ0n) is 11.8. The van der Waals surface area contributed by atoms with E-state index in [2.05, 4.69) is 31.0 Å². The lowest BCUT2D eigenvalue weighted by Crippen LogP contribution is -2.53. The molecular formula is C15H22ClFN2. The lowest BCUT2D eigenvalue weighted by molar-refractivity contribution is 0.273. The summed E-state index contributed by atoms with van der Waals surface area (Å²) in [7, 11) is 0. The molecular weight excluding hydrogens is 263 g/mol. The van der Waals surface area contributed by atoms with Crippen LogP contribution in [0, 0.1) is 11.7 Å². The first-order valence-electron chi connectivity index (χ1n) is 7.00. The Bertz CT molecular complexity index is 438. The molecule has 0 radical (unpaired) electrons. The molecule has 3 unspecified atom stereocenters. The molecule has 0 bridgehead atoms. The van der Waals surface area contributed by atoms with E-state index in [1.807, 2.05) is 12.1 Å². The minimum atomic E-state index is -0.301. The Morgan fingerprint density at radius 1 is 1.42 bits per heavy atom. The first-order valence-corrected chi connectivity index (χ1v) is 7.38. The summed E-state index contributed by atoms with van der Waals surface area (Å²) in [4.78, 5) is 2.14. The van der Waals surface area contributed by atoms with Gasteiger partial charge in [-0.2, -0.15) is 0 Å². The maximum atomic E-state index is 14.1. The van der Waals surface area contributed by atoms with Crippen molar-refractivity contribution in [2.24, 2.45) is 5.92 Å². The number of rotatable bonds is 3. The van der Waals surface area contributed by atoms with Crippen molar-refractivity contribution >= 4 is 17.3 Å². The molecule has 1 aliphatic heterocycles. The lowest BCUT2D eigenvalue weighted by atomic mass is 9.86. The van der Waals surface area contributed by atoms with Crippen molar-refractivity contribution in [2.75, 3.05) is 18.0 Å². The SMILES string of the molecule is CCNC1CCN(c2cccc(Cl)c2F)C(C)C1C. The van der Waals surface area contributed by atoms with Gasteiger partial charge in [0.25, 0.3) is 0 Å². The van der Waals surface area contributed by atoms with Gasteiger partial charge in [-0.05, 0) is 37.9 Å². The van der Waals surface area contributed by atoms with Gasteiger partial charge in [-0.25, -0.2) is 4.39 Å². The molecule has 0 amide bonds. The van der Waals surface area contributed by atoms with Crippen LogP contribution in [0.4, 0.5) is 10.1 Å². The maximum Gasteiger partial charge on any atom is 0.165 e. The predicted molar refractivity (Wildman–Crippen MR) is 79.5 cm³/mol. The van der Waals surface area contributed by atoms with Crippen molar-refractivity contribution in [2.45, 2.75) is 39.3 Å². The number of nitrogens with one attached hydrogen (secondary N) is 1. The molecule has 4 heteroatoms. The number of hydrogen-bond acceptors (Lipinski definition) is 2. The summed E-state index contributed by atoms with van der Waals surface area (Å²) < 4.78 is 14.1. The molecule has 19 heavy (non-hydrogen) atoms. The summed E-state index contributed by atoms with van der Waals surface area (Å²) in [6.45, 7) is 8.36. The Labute approximate surface area is 119 Å². The number of halogens is 2. The molecule has 0 aromatic heterocycles. The first-order chi connectivity index (χ1) is 9.06. The van der Waals surface area contributed by atoms with Crippen LogP contribution in [0.25, 0.3) is 0 Å². The van der Waals surface area contributed by atoms with Gasteiger partial charge in [0.2, 0.25) is 0 Å². The summed E-state index contributed by atoms with van der Waals surface area (Å²) in [5.74, 6) is 0.178. The lowest BCUT2D eigenvalue weighted by Gasteiger charge is -2.44. The van der Waals surface area contributed by atoms with Crippen LogP contribution < -0.4 is 10.2 Å². The summed E-state index contributed by atoms with van der Waals surface area (Å²) in [6.07, 6.45) is 1.03. The fourth-order valence-corrected chi connectivity index (χ4v) is 3.14. The van der Waals surface area contributed by atoms with E-state index in [1.54, 1.807) is 6.07 Å². The van der Waals surface area contributed by atoms with Gasteiger partial charge in [-0.1, -0.05) is 31.5 Å². The minimum absolute atomic E-state index is 0.200. The normalized spacial score (nSPS) is 27.6. The van der Waals surface area contributed by atoms with E-state index in [-0.39, 0.29) is 10.8 Å². The Morgan fingerprint density at radius 3 is 2.84 bits per heavy atom. The largest absolute Gasteiger partial charge is 0.366 e.